The first kappa shape index (κ1) is 17.8. The summed E-state index contributed by atoms with van der Waals surface area (Å²) < 4.78 is 0. The number of halogens is 1. The molecule has 23 heavy (non-hydrogen) atoms. The summed E-state index contributed by atoms with van der Waals surface area (Å²) in [7, 11) is 0. The summed E-state index contributed by atoms with van der Waals surface area (Å²) >= 11 is 0. The first-order valence-electron chi connectivity index (χ1n) is 8.12. The molecule has 1 aromatic carbocycles. The molecule has 5 nitrogen and oxygen atoms in total. The van der Waals surface area contributed by atoms with Crippen LogP contribution >= 0.6 is 12.4 Å². The van der Waals surface area contributed by atoms with Crippen molar-refractivity contribution in [2.75, 3.05) is 24.5 Å². The van der Waals surface area contributed by atoms with Crippen molar-refractivity contribution in [2.24, 2.45) is 5.92 Å². The summed E-state index contributed by atoms with van der Waals surface area (Å²) in [6.45, 7) is 3.06. The van der Waals surface area contributed by atoms with Gasteiger partial charge in [-0.25, -0.2) is 0 Å². The summed E-state index contributed by atoms with van der Waals surface area (Å²) in [6, 6.07) is 7.93. The molecule has 3 rings (SSSR count). The van der Waals surface area contributed by atoms with E-state index in [2.05, 4.69) is 10.6 Å². The Morgan fingerprint density at radius 1 is 1.26 bits per heavy atom. The Hall–Kier alpha value is -1.59. The van der Waals surface area contributed by atoms with Crippen LogP contribution in [0.25, 0.3) is 0 Å². The summed E-state index contributed by atoms with van der Waals surface area (Å²) in [5.41, 5.74) is 2.02. The first-order chi connectivity index (χ1) is 10.7. The van der Waals surface area contributed by atoms with Crippen LogP contribution in [0.2, 0.25) is 0 Å². The molecule has 0 aromatic heterocycles. The second-order valence-electron chi connectivity index (χ2n) is 6.08. The maximum Gasteiger partial charge on any atom is 0.226 e. The Kier molecular flexibility index (Phi) is 6.42. The largest absolute Gasteiger partial charge is 0.352 e. The fourth-order valence-corrected chi connectivity index (χ4v) is 3.08. The van der Waals surface area contributed by atoms with Crippen molar-refractivity contribution >= 4 is 29.9 Å². The molecule has 2 saturated heterocycles. The zero-order valence-corrected chi connectivity index (χ0v) is 14.0. The van der Waals surface area contributed by atoms with Crippen molar-refractivity contribution in [1.29, 1.82) is 0 Å². The van der Waals surface area contributed by atoms with Crippen molar-refractivity contribution in [3.63, 3.8) is 0 Å². The number of benzene rings is 1. The predicted octanol–water partition coefficient (Wildman–Crippen LogP) is 1.85. The minimum absolute atomic E-state index is 0. The van der Waals surface area contributed by atoms with E-state index in [-0.39, 0.29) is 30.1 Å². The number of piperidine rings is 1. The van der Waals surface area contributed by atoms with Crippen LogP contribution in [0.15, 0.2) is 24.3 Å². The van der Waals surface area contributed by atoms with Gasteiger partial charge in [-0.15, -0.1) is 12.4 Å². The molecule has 2 N–H and O–H groups in total. The number of hydrogen-bond donors (Lipinski definition) is 2. The number of nitrogens with one attached hydrogen (secondary N) is 2. The number of carbonyl (C=O) groups is 2. The molecule has 0 radical (unpaired) electrons. The van der Waals surface area contributed by atoms with E-state index in [1.165, 1.54) is 0 Å². The molecule has 2 amide bonds. The summed E-state index contributed by atoms with van der Waals surface area (Å²) in [5, 5.41) is 6.19. The molecular formula is C17H24ClN3O2. The second kappa shape index (κ2) is 8.31. The lowest BCUT2D eigenvalue weighted by atomic mass is 10.1. The molecule has 1 unspecified atom stereocenters. The van der Waals surface area contributed by atoms with Gasteiger partial charge in [-0.2, -0.15) is 0 Å². The lowest BCUT2D eigenvalue weighted by Gasteiger charge is -2.26. The first-order valence-corrected chi connectivity index (χ1v) is 8.12. The van der Waals surface area contributed by atoms with Gasteiger partial charge < -0.3 is 15.5 Å². The molecule has 0 aliphatic carbocycles. The third-order valence-corrected chi connectivity index (χ3v) is 4.47. The fraction of sp³-hybridized carbons (Fsp3) is 0.529. The van der Waals surface area contributed by atoms with Crippen LogP contribution in [0.4, 0.5) is 5.69 Å². The van der Waals surface area contributed by atoms with Crippen LogP contribution in [0.5, 0.6) is 0 Å². The van der Waals surface area contributed by atoms with Gasteiger partial charge in [0.25, 0.3) is 0 Å². The van der Waals surface area contributed by atoms with Crippen LogP contribution < -0.4 is 15.5 Å². The van der Waals surface area contributed by atoms with E-state index in [1.54, 1.807) is 0 Å². The molecule has 2 aliphatic rings. The van der Waals surface area contributed by atoms with Crippen molar-refractivity contribution in [1.82, 2.24) is 10.6 Å². The molecule has 0 saturated carbocycles. The zero-order valence-electron chi connectivity index (χ0n) is 13.2. The van der Waals surface area contributed by atoms with Crippen molar-refractivity contribution in [3.05, 3.63) is 29.8 Å². The fourth-order valence-electron chi connectivity index (χ4n) is 3.08. The highest BCUT2D eigenvalue weighted by Gasteiger charge is 2.22. The van der Waals surface area contributed by atoms with E-state index >= 15 is 0 Å². The van der Waals surface area contributed by atoms with E-state index in [9.17, 15) is 9.59 Å². The Balaban J connectivity index is 0.00000192. The molecule has 1 aromatic rings. The Morgan fingerprint density at radius 3 is 2.70 bits per heavy atom. The normalized spacial score (nSPS) is 21.0. The lowest BCUT2D eigenvalue weighted by Crippen LogP contribution is -2.35. The Bertz CT molecular complexity index is 541. The average Bonchev–Trinajstić information content (AvgIpc) is 3.08. The van der Waals surface area contributed by atoms with E-state index in [0.29, 0.717) is 13.0 Å². The van der Waals surface area contributed by atoms with Crippen LogP contribution in [-0.4, -0.2) is 31.4 Å². The summed E-state index contributed by atoms with van der Waals surface area (Å²) in [4.78, 5) is 25.7. The third kappa shape index (κ3) is 4.45. The average molecular weight is 338 g/mol. The van der Waals surface area contributed by atoms with Gasteiger partial charge in [0.15, 0.2) is 0 Å². The molecule has 0 bridgehead atoms. The monoisotopic (exact) mass is 337 g/mol. The van der Waals surface area contributed by atoms with Crippen LogP contribution in [0.3, 0.4) is 0 Å². The Morgan fingerprint density at radius 2 is 2.04 bits per heavy atom. The van der Waals surface area contributed by atoms with Crippen molar-refractivity contribution in [2.45, 2.75) is 32.2 Å². The second-order valence-corrected chi connectivity index (χ2v) is 6.08. The highest BCUT2D eigenvalue weighted by molar-refractivity contribution is 5.93. The van der Waals surface area contributed by atoms with Gasteiger partial charge in [-0.1, -0.05) is 12.1 Å². The van der Waals surface area contributed by atoms with E-state index < -0.39 is 0 Å². The number of hydrogen-bond acceptors (Lipinski definition) is 3. The minimum atomic E-state index is 0. The zero-order chi connectivity index (χ0) is 15.4. The molecule has 2 aliphatic heterocycles. The maximum atomic E-state index is 12.0. The number of nitrogens with zero attached hydrogens (tertiary/aromatic N) is 1. The topological polar surface area (TPSA) is 61.4 Å². The van der Waals surface area contributed by atoms with Gasteiger partial charge in [0, 0.05) is 31.7 Å². The van der Waals surface area contributed by atoms with E-state index in [0.717, 1.165) is 50.1 Å². The Labute approximate surface area is 143 Å². The molecule has 1 atom stereocenters. The highest BCUT2D eigenvalue weighted by Crippen LogP contribution is 2.21. The van der Waals surface area contributed by atoms with Crippen LogP contribution in [-0.2, 0) is 16.1 Å². The molecule has 2 fully saturated rings. The van der Waals surface area contributed by atoms with E-state index in [4.69, 9.17) is 0 Å². The van der Waals surface area contributed by atoms with Crippen molar-refractivity contribution < 1.29 is 9.59 Å². The molecule has 0 spiro atoms. The summed E-state index contributed by atoms with van der Waals surface area (Å²) in [6.07, 6.45) is 3.63. The van der Waals surface area contributed by atoms with E-state index in [1.807, 2.05) is 29.2 Å². The smallest absolute Gasteiger partial charge is 0.226 e. The third-order valence-electron chi connectivity index (χ3n) is 4.47. The number of anilines is 1. The maximum absolute atomic E-state index is 12.0. The highest BCUT2D eigenvalue weighted by atomic mass is 35.5. The van der Waals surface area contributed by atoms with Gasteiger partial charge >= 0.3 is 0 Å². The van der Waals surface area contributed by atoms with Crippen LogP contribution in [0, 0.1) is 5.92 Å². The molecule has 2 heterocycles. The van der Waals surface area contributed by atoms with Crippen molar-refractivity contribution in [3.8, 4) is 0 Å². The van der Waals surface area contributed by atoms with Crippen LogP contribution in [0.1, 0.15) is 31.2 Å². The van der Waals surface area contributed by atoms with Gasteiger partial charge in [-0.05, 0) is 43.5 Å². The standard InChI is InChI=1S/C17H23N3O2.ClH/c21-16-3-1-2-10-20(16)15-6-4-13(5-7-15)11-19-17(22)14-8-9-18-12-14;/h4-7,14,18H,1-3,8-12H2,(H,19,22);1H. The molecular weight excluding hydrogens is 314 g/mol. The number of amides is 2. The molecule has 126 valence electrons. The summed E-state index contributed by atoms with van der Waals surface area (Å²) in [5.74, 6) is 0.437. The van der Waals surface area contributed by atoms with Gasteiger partial charge in [0.2, 0.25) is 11.8 Å². The van der Waals surface area contributed by atoms with Gasteiger partial charge in [-0.3, -0.25) is 9.59 Å². The SMILES string of the molecule is Cl.O=C(NCc1ccc(N2CCCCC2=O)cc1)C1CCNC1. The number of rotatable bonds is 4. The van der Waals surface area contributed by atoms with Gasteiger partial charge in [0.1, 0.15) is 0 Å². The lowest BCUT2D eigenvalue weighted by molar-refractivity contribution is -0.124. The quantitative estimate of drug-likeness (QED) is 0.881. The minimum Gasteiger partial charge on any atom is -0.352 e. The molecule has 6 heteroatoms. The number of carbonyl (C=O) groups excluding carboxylic acids is 2. The predicted molar refractivity (Wildman–Crippen MR) is 92.7 cm³/mol. The van der Waals surface area contributed by atoms with Gasteiger partial charge in [0.05, 0.1) is 5.92 Å².